The highest BCUT2D eigenvalue weighted by atomic mass is 32.2. The molecule has 1 saturated carbocycles. The van der Waals surface area contributed by atoms with Crippen molar-refractivity contribution in [3.8, 4) is 0 Å². The SMILES string of the molecule is CSCCN(C)C1(CN)CCC(c2ccccc2)CC1. The zero-order valence-corrected chi connectivity index (χ0v) is 13.7. The molecule has 3 heteroatoms. The normalized spacial score (nSPS) is 26.9. The monoisotopic (exact) mass is 292 g/mol. The van der Waals surface area contributed by atoms with Crippen molar-refractivity contribution in [2.45, 2.75) is 37.1 Å². The molecule has 0 unspecified atom stereocenters. The number of hydrogen-bond donors (Lipinski definition) is 1. The summed E-state index contributed by atoms with van der Waals surface area (Å²) >= 11 is 1.92. The Morgan fingerprint density at radius 2 is 1.90 bits per heavy atom. The summed E-state index contributed by atoms with van der Waals surface area (Å²) in [4.78, 5) is 2.52. The second-order valence-corrected chi connectivity index (χ2v) is 7.01. The van der Waals surface area contributed by atoms with Gasteiger partial charge in [-0.3, -0.25) is 4.90 Å². The topological polar surface area (TPSA) is 29.3 Å². The van der Waals surface area contributed by atoms with Crippen LogP contribution in [0, 0.1) is 0 Å². The van der Waals surface area contributed by atoms with Crippen LogP contribution in [0.25, 0.3) is 0 Å². The molecule has 1 fully saturated rings. The number of nitrogens with two attached hydrogens (primary N) is 1. The number of benzene rings is 1. The molecule has 0 spiro atoms. The minimum atomic E-state index is 0.237. The molecule has 1 aromatic carbocycles. The van der Waals surface area contributed by atoms with Gasteiger partial charge in [-0.15, -0.1) is 0 Å². The molecule has 0 aliphatic heterocycles. The Morgan fingerprint density at radius 1 is 1.25 bits per heavy atom. The zero-order valence-electron chi connectivity index (χ0n) is 12.8. The number of likely N-dealkylation sites (N-methyl/N-ethyl adjacent to an activating group) is 1. The second-order valence-electron chi connectivity index (χ2n) is 6.03. The molecule has 2 rings (SSSR count). The average Bonchev–Trinajstić information content (AvgIpc) is 2.53. The molecule has 1 aromatic rings. The summed E-state index contributed by atoms with van der Waals surface area (Å²) in [5, 5.41) is 0. The zero-order chi connectivity index (χ0) is 14.4. The van der Waals surface area contributed by atoms with Crippen molar-refractivity contribution >= 4 is 11.8 Å². The van der Waals surface area contributed by atoms with Gasteiger partial charge in [0.05, 0.1) is 0 Å². The molecule has 0 heterocycles. The number of hydrogen-bond acceptors (Lipinski definition) is 3. The Bertz CT molecular complexity index is 385. The van der Waals surface area contributed by atoms with Crippen LogP contribution in [-0.2, 0) is 0 Å². The van der Waals surface area contributed by atoms with Crippen molar-refractivity contribution in [1.29, 1.82) is 0 Å². The molecule has 0 amide bonds. The van der Waals surface area contributed by atoms with Gasteiger partial charge in [0, 0.05) is 24.4 Å². The van der Waals surface area contributed by atoms with Crippen molar-refractivity contribution in [1.82, 2.24) is 4.90 Å². The summed E-state index contributed by atoms with van der Waals surface area (Å²) in [7, 11) is 2.26. The molecule has 0 radical (unpaired) electrons. The maximum absolute atomic E-state index is 6.15. The van der Waals surface area contributed by atoms with Gasteiger partial charge in [-0.25, -0.2) is 0 Å². The lowest BCUT2D eigenvalue weighted by Crippen LogP contribution is -2.54. The average molecular weight is 292 g/mol. The highest BCUT2D eigenvalue weighted by Crippen LogP contribution is 2.40. The van der Waals surface area contributed by atoms with E-state index in [9.17, 15) is 0 Å². The lowest BCUT2D eigenvalue weighted by atomic mass is 9.73. The lowest BCUT2D eigenvalue weighted by Gasteiger charge is -2.46. The third-order valence-corrected chi connectivity index (χ3v) is 5.60. The summed E-state index contributed by atoms with van der Waals surface area (Å²) < 4.78 is 0. The van der Waals surface area contributed by atoms with Crippen molar-refractivity contribution in [3.63, 3.8) is 0 Å². The maximum atomic E-state index is 6.15. The van der Waals surface area contributed by atoms with Gasteiger partial charge in [0.1, 0.15) is 0 Å². The maximum Gasteiger partial charge on any atom is 0.0329 e. The van der Waals surface area contributed by atoms with Gasteiger partial charge in [-0.05, 0) is 50.5 Å². The van der Waals surface area contributed by atoms with Gasteiger partial charge in [-0.1, -0.05) is 30.3 Å². The molecule has 2 N–H and O–H groups in total. The third kappa shape index (κ3) is 3.57. The van der Waals surface area contributed by atoms with Crippen molar-refractivity contribution < 1.29 is 0 Å². The molecule has 112 valence electrons. The first kappa shape index (κ1) is 15.9. The highest BCUT2D eigenvalue weighted by Gasteiger charge is 2.37. The molecule has 2 nitrogen and oxygen atoms in total. The van der Waals surface area contributed by atoms with E-state index in [-0.39, 0.29) is 5.54 Å². The molecule has 0 saturated heterocycles. The third-order valence-electron chi connectivity index (χ3n) is 5.01. The minimum Gasteiger partial charge on any atom is -0.329 e. The fourth-order valence-electron chi connectivity index (χ4n) is 3.42. The summed E-state index contributed by atoms with van der Waals surface area (Å²) in [5.74, 6) is 1.92. The predicted molar refractivity (Wildman–Crippen MR) is 90.4 cm³/mol. The van der Waals surface area contributed by atoms with E-state index in [0.717, 1.165) is 19.0 Å². The van der Waals surface area contributed by atoms with E-state index in [0.29, 0.717) is 0 Å². The number of rotatable bonds is 6. The number of thioether (sulfide) groups is 1. The van der Waals surface area contributed by atoms with Crippen LogP contribution in [0.5, 0.6) is 0 Å². The van der Waals surface area contributed by atoms with Gasteiger partial charge in [0.2, 0.25) is 0 Å². The van der Waals surface area contributed by atoms with E-state index < -0.39 is 0 Å². The Morgan fingerprint density at radius 3 is 2.45 bits per heavy atom. The molecule has 0 bridgehead atoms. The van der Waals surface area contributed by atoms with Crippen LogP contribution in [0.1, 0.15) is 37.2 Å². The van der Waals surface area contributed by atoms with E-state index in [2.05, 4.69) is 48.5 Å². The quantitative estimate of drug-likeness (QED) is 0.872. The van der Waals surface area contributed by atoms with E-state index in [1.807, 2.05) is 11.8 Å². The van der Waals surface area contributed by atoms with Gasteiger partial charge in [0.25, 0.3) is 0 Å². The Kier molecular flexibility index (Phi) is 5.94. The van der Waals surface area contributed by atoms with Gasteiger partial charge in [0.15, 0.2) is 0 Å². The van der Waals surface area contributed by atoms with Crippen LogP contribution in [-0.4, -0.2) is 42.6 Å². The minimum absolute atomic E-state index is 0.237. The summed E-state index contributed by atoms with van der Waals surface area (Å²) in [6.45, 7) is 1.94. The molecular formula is C17H28N2S. The Hall–Kier alpha value is -0.510. The van der Waals surface area contributed by atoms with Crippen molar-refractivity contribution in [2.24, 2.45) is 5.73 Å². The Labute approximate surface area is 128 Å². The predicted octanol–water partition coefficient (Wildman–Crippen LogP) is 3.34. The molecule has 1 aliphatic carbocycles. The Balaban J connectivity index is 1.97. The standard InChI is InChI=1S/C17H28N2S/c1-19(12-13-20-2)17(14-18)10-8-16(9-11-17)15-6-4-3-5-7-15/h3-7,16H,8-14,18H2,1-2H3. The van der Waals surface area contributed by atoms with Gasteiger partial charge in [-0.2, -0.15) is 11.8 Å². The largest absolute Gasteiger partial charge is 0.329 e. The van der Waals surface area contributed by atoms with Crippen LogP contribution >= 0.6 is 11.8 Å². The van der Waals surface area contributed by atoms with Crippen LogP contribution in [0.4, 0.5) is 0 Å². The molecule has 1 aliphatic rings. The second kappa shape index (κ2) is 7.48. The summed E-state index contributed by atoms with van der Waals surface area (Å²) in [5.41, 5.74) is 7.89. The number of nitrogens with zero attached hydrogens (tertiary/aromatic N) is 1. The van der Waals surface area contributed by atoms with Gasteiger partial charge < -0.3 is 5.73 Å². The van der Waals surface area contributed by atoms with Gasteiger partial charge >= 0.3 is 0 Å². The van der Waals surface area contributed by atoms with E-state index in [1.54, 1.807) is 0 Å². The fraction of sp³-hybridized carbons (Fsp3) is 0.647. The first-order valence-electron chi connectivity index (χ1n) is 7.67. The summed E-state index contributed by atoms with van der Waals surface area (Å²) in [6, 6.07) is 11.0. The van der Waals surface area contributed by atoms with Crippen molar-refractivity contribution in [3.05, 3.63) is 35.9 Å². The summed E-state index contributed by atoms with van der Waals surface area (Å²) in [6.07, 6.45) is 7.17. The van der Waals surface area contributed by atoms with E-state index in [1.165, 1.54) is 37.0 Å². The van der Waals surface area contributed by atoms with Crippen LogP contribution in [0.3, 0.4) is 0 Å². The molecule has 0 aromatic heterocycles. The molecule has 20 heavy (non-hydrogen) atoms. The van der Waals surface area contributed by atoms with Crippen LogP contribution < -0.4 is 5.73 Å². The van der Waals surface area contributed by atoms with Crippen LogP contribution in [0.15, 0.2) is 30.3 Å². The van der Waals surface area contributed by atoms with Crippen molar-refractivity contribution in [2.75, 3.05) is 32.1 Å². The first-order valence-corrected chi connectivity index (χ1v) is 9.06. The lowest BCUT2D eigenvalue weighted by molar-refractivity contribution is 0.0823. The molecule has 0 atom stereocenters. The smallest absolute Gasteiger partial charge is 0.0329 e. The first-order chi connectivity index (χ1) is 9.72. The van der Waals surface area contributed by atoms with E-state index in [4.69, 9.17) is 5.73 Å². The highest BCUT2D eigenvalue weighted by molar-refractivity contribution is 7.98. The van der Waals surface area contributed by atoms with Crippen LogP contribution in [0.2, 0.25) is 0 Å². The van der Waals surface area contributed by atoms with E-state index >= 15 is 0 Å². The fourth-order valence-corrected chi connectivity index (χ4v) is 3.88. The molecular weight excluding hydrogens is 264 g/mol.